The number of amides is 1. The van der Waals surface area contributed by atoms with Crippen molar-refractivity contribution in [2.45, 2.75) is 19.4 Å². The Morgan fingerprint density at radius 2 is 2.20 bits per heavy atom. The van der Waals surface area contributed by atoms with Gasteiger partial charge in [0.05, 0.1) is 12.2 Å². The summed E-state index contributed by atoms with van der Waals surface area (Å²) in [7, 11) is 0. The average molecular weight is 410 g/mol. The second-order valence-electron chi connectivity index (χ2n) is 3.80. The zero-order valence-electron chi connectivity index (χ0n) is 10.7. The second-order valence-corrected chi connectivity index (χ2v) is 5.40. The minimum atomic E-state index is -0.991. The molecule has 1 N–H and O–H groups in total. The molecule has 0 radical (unpaired) electrons. The van der Waals surface area contributed by atoms with E-state index in [9.17, 15) is 14.4 Å². The molecule has 0 aliphatic carbocycles. The predicted octanol–water partition coefficient (Wildman–Crippen LogP) is 2.20. The lowest BCUT2D eigenvalue weighted by Crippen LogP contribution is -2.42. The van der Waals surface area contributed by atoms with Crippen LogP contribution in [0.25, 0.3) is 0 Å². The van der Waals surface area contributed by atoms with Gasteiger partial charge in [-0.1, -0.05) is 11.6 Å². The number of rotatable bonds is 6. The van der Waals surface area contributed by atoms with Gasteiger partial charge in [-0.2, -0.15) is 0 Å². The normalized spacial score (nSPS) is 11.6. The van der Waals surface area contributed by atoms with Crippen LogP contribution in [-0.2, 0) is 14.3 Å². The molecule has 0 saturated carbocycles. The van der Waals surface area contributed by atoms with Crippen molar-refractivity contribution in [1.29, 1.82) is 0 Å². The van der Waals surface area contributed by atoms with Crippen molar-refractivity contribution in [1.82, 2.24) is 5.32 Å². The summed E-state index contributed by atoms with van der Waals surface area (Å²) in [5.74, 6) is -1.11. The third-order valence-electron chi connectivity index (χ3n) is 2.38. The van der Waals surface area contributed by atoms with Gasteiger partial charge in [0.1, 0.15) is 12.3 Å². The Balaban J connectivity index is 2.87. The maximum atomic E-state index is 12.1. The average Bonchev–Trinajstić information content (AvgIpc) is 2.41. The van der Waals surface area contributed by atoms with Crippen LogP contribution >= 0.6 is 34.2 Å². The van der Waals surface area contributed by atoms with E-state index in [0.29, 0.717) is 20.4 Å². The fourth-order valence-corrected chi connectivity index (χ4v) is 2.21. The van der Waals surface area contributed by atoms with E-state index in [4.69, 9.17) is 16.3 Å². The lowest BCUT2D eigenvalue weighted by Gasteiger charge is -2.15. The van der Waals surface area contributed by atoms with Crippen LogP contribution in [0.1, 0.15) is 23.7 Å². The van der Waals surface area contributed by atoms with Gasteiger partial charge < -0.3 is 14.8 Å². The number of hydrogen-bond acceptors (Lipinski definition) is 4. The number of carbonyl (C=O) groups excluding carboxylic acids is 3. The Morgan fingerprint density at radius 3 is 2.80 bits per heavy atom. The molecule has 5 nitrogen and oxygen atoms in total. The summed E-state index contributed by atoms with van der Waals surface area (Å²) >= 11 is 7.83. The van der Waals surface area contributed by atoms with Crippen molar-refractivity contribution >= 4 is 52.4 Å². The van der Waals surface area contributed by atoms with Crippen LogP contribution in [0.4, 0.5) is 0 Å². The van der Waals surface area contributed by atoms with Crippen LogP contribution < -0.4 is 5.32 Å². The van der Waals surface area contributed by atoms with Crippen molar-refractivity contribution < 1.29 is 19.1 Å². The van der Waals surface area contributed by atoms with E-state index >= 15 is 0 Å². The Kier molecular flexibility index (Phi) is 6.94. The Labute approximate surface area is 135 Å². The van der Waals surface area contributed by atoms with Crippen molar-refractivity contribution in [3.8, 4) is 0 Å². The van der Waals surface area contributed by atoms with E-state index in [1.165, 1.54) is 6.07 Å². The van der Waals surface area contributed by atoms with E-state index in [-0.39, 0.29) is 13.0 Å². The first-order valence-electron chi connectivity index (χ1n) is 5.85. The number of ether oxygens (including phenoxy) is 1. The second kappa shape index (κ2) is 8.21. The van der Waals surface area contributed by atoms with E-state index < -0.39 is 17.9 Å². The zero-order valence-corrected chi connectivity index (χ0v) is 13.6. The molecule has 20 heavy (non-hydrogen) atoms. The summed E-state index contributed by atoms with van der Waals surface area (Å²) in [5.41, 5.74) is 0.346. The van der Waals surface area contributed by atoms with Gasteiger partial charge in [-0.3, -0.25) is 4.79 Å². The van der Waals surface area contributed by atoms with Crippen LogP contribution in [-0.4, -0.2) is 30.8 Å². The van der Waals surface area contributed by atoms with Gasteiger partial charge in [0.25, 0.3) is 5.91 Å². The number of esters is 1. The third-order valence-corrected chi connectivity index (χ3v) is 3.56. The quantitative estimate of drug-likeness (QED) is 0.444. The fraction of sp³-hybridized carbons (Fsp3) is 0.308. The molecular weight excluding hydrogens is 397 g/mol. The summed E-state index contributed by atoms with van der Waals surface area (Å²) < 4.78 is 5.50. The first-order valence-corrected chi connectivity index (χ1v) is 7.31. The molecule has 1 rings (SSSR count). The largest absolute Gasteiger partial charge is 0.464 e. The molecule has 108 valence electrons. The summed E-state index contributed by atoms with van der Waals surface area (Å²) in [6.45, 7) is 1.83. The Hall–Kier alpha value is -1.15. The van der Waals surface area contributed by atoms with Gasteiger partial charge in [0.2, 0.25) is 0 Å². The van der Waals surface area contributed by atoms with E-state index in [0.717, 1.165) is 0 Å². The van der Waals surface area contributed by atoms with Gasteiger partial charge >= 0.3 is 5.97 Å². The summed E-state index contributed by atoms with van der Waals surface area (Å²) in [5, 5.41) is 2.89. The van der Waals surface area contributed by atoms with E-state index in [1.807, 2.05) is 22.6 Å². The molecule has 1 unspecified atom stereocenters. The highest BCUT2D eigenvalue weighted by molar-refractivity contribution is 14.1. The molecule has 0 aliphatic rings. The molecule has 0 aliphatic heterocycles. The van der Waals surface area contributed by atoms with Crippen molar-refractivity contribution in [3.63, 3.8) is 0 Å². The van der Waals surface area contributed by atoms with Crippen molar-refractivity contribution in [2.75, 3.05) is 6.61 Å². The Bertz CT molecular complexity index is 521. The molecular formula is C13H13ClINO4. The Morgan fingerprint density at radius 1 is 1.50 bits per heavy atom. The minimum Gasteiger partial charge on any atom is -0.464 e. The lowest BCUT2D eigenvalue weighted by atomic mass is 10.1. The predicted molar refractivity (Wildman–Crippen MR) is 82.7 cm³/mol. The number of carbonyl (C=O) groups is 3. The SMILES string of the molecule is CCOC(=O)C(CC=O)NC(=O)c1cc(Cl)ccc1I. The van der Waals surface area contributed by atoms with E-state index in [1.54, 1.807) is 19.1 Å². The maximum Gasteiger partial charge on any atom is 0.329 e. The van der Waals surface area contributed by atoms with Crippen LogP contribution in [0.2, 0.25) is 5.02 Å². The maximum absolute atomic E-state index is 12.1. The molecule has 1 amide bonds. The van der Waals surface area contributed by atoms with E-state index in [2.05, 4.69) is 5.32 Å². The lowest BCUT2D eigenvalue weighted by molar-refractivity contribution is -0.146. The molecule has 0 bridgehead atoms. The highest BCUT2D eigenvalue weighted by atomic mass is 127. The van der Waals surface area contributed by atoms with Crippen LogP contribution in [0.15, 0.2) is 18.2 Å². The standard InChI is InChI=1S/C13H13ClINO4/c1-2-20-13(19)11(5-6-17)16-12(18)9-7-8(14)3-4-10(9)15/h3-4,6-7,11H,2,5H2,1H3,(H,16,18). The van der Waals surface area contributed by atoms with Crippen LogP contribution in [0.3, 0.4) is 0 Å². The number of nitrogens with one attached hydrogen (secondary N) is 1. The van der Waals surface area contributed by atoms with Gasteiger partial charge in [-0.25, -0.2) is 4.79 Å². The third kappa shape index (κ3) is 4.75. The minimum absolute atomic E-state index is 0.137. The summed E-state index contributed by atoms with van der Waals surface area (Å²) in [6, 6.07) is 3.86. The fourth-order valence-electron chi connectivity index (χ4n) is 1.46. The molecule has 1 atom stereocenters. The molecule has 0 saturated heterocycles. The number of benzene rings is 1. The highest BCUT2D eigenvalue weighted by Gasteiger charge is 2.23. The molecule has 7 heteroatoms. The monoisotopic (exact) mass is 409 g/mol. The van der Waals surface area contributed by atoms with Crippen molar-refractivity contribution in [3.05, 3.63) is 32.4 Å². The molecule has 0 fully saturated rings. The topological polar surface area (TPSA) is 72.5 Å². The molecule has 0 spiro atoms. The summed E-state index contributed by atoms with van der Waals surface area (Å²) in [4.78, 5) is 34.3. The zero-order chi connectivity index (χ0) is 15.1. The number of hydrogen-bond donors (Lipinski definition) is 1. The van der Waals surface area contributed by atoms with Gasteiger partial charge in [0.15, 0.2) is 0 Å². The number of halogens is 2. The first-order chi connectivity index (χ1) is 9.49. The molecule has 1 aromatic rings. The van der Waals surface area contributed by atoms with Crippen molar-refractivity contribution in [2.24, 2.45) is 0 Å². The molecule has 1 aromatic carbocycles. The molecule has 0 heterocycles. The first kappa shape index (κ1) is 16.9. The van der Waals surface area contributed by atoms with Crippen LogP contribution in [0, 0.1) is 3.57 Å². The van der Waals surface area contributed by atoms with Gasteiger partial charge in [-0.15, -0.1) is 0 Å². The molecule has 0 aromatic heterocycles. The number of aldehydes is 1. The van der Waals surface area contributed by atoms with Gasteiger partial charge in [-0.05, 0) is 47.7 Å². The smallest absolute Gasteiger partial charge is 0.329 e. The van der Waals surface area contributed by atoms with Gasteiger partial charge in [0, 0.05) is 15.0 Å². The van der Waals surface area contributed by atoms with Crippen LogP contribution in [0.5, 0.6) is 0 Å². The summed E-state index contributed by atoms with van der Waals surface area (Å²) in [6.07, 6.45) is 0.423. The highest BCUT2D eigenvalue weighted by Crippen LogP contribution is 2.18.